The number of benzene rings is 1. The van der Waals surface area contributed by atoms with Gasteiger partial charge in [-0.2, -0.15) is 0 Å². The van der Waals surface area contributed by atoms with Crippen LogP contribution in [-0.4, -0.2) is 49.6 Å². The molecule has 1 aromatic rings. The molecule has 1 aliphatic rings. The van der Waals surface area contributed by atoms with Gasteiger partial charge in [-0.15, -0.1) is 0 Å². The molecule has 1 fully saturated rings. The van der Waals surface area contributed by atoms with Crippen LogP contribution in [0.25, 0.3) is 0 Å². The number of hydrogen-bond donors (Lipinski definition) is 2. The summed E-state index contributed by atoms with van der Waals surface area (Å²) in [5.41, 5.74) is 0. The lowest BCUT2D eigenvalue weighted by atomic mass is 9.86. The molecule has 0 saturated heterocycles. The molecule has 0 aliphatic heterocycles. The van der Waals surface area contributed by atoms with Gasteiger partial charge in [0.1, 0.15) is 4.90 Å². The summed E-state index contributed by atoms with van der Waals surface area (Å²) in [7, 11) is -4.00. The van der Waals surface area contributed by atoms with E-state index in [-0.39, 0.29) is 23.7 Å². The van der Waals surface area contributed by atoms with Crippen LogP contribution in [0.5, 0.6) is 0 Å². The minimum absolute atomic E-state index is 0.00742. The predicted molar refractivity (Wildman–Crippen MR) is 83.4 cm³/mol. The highest BCUT2D eigenvalue weighted by atomic mass is 35.5. The molecule has 0 aromatic heterocycles. The van der Waals surface area contributed by atoms with Gasteiger partial charge in [0.2, 0.25) is 10.0 Å². The van der Waals surface area contributed by atoms with E-state index in [1.54, 1.807) is 4.90 Å². The summed E-state index contributed by atoms with van der Waals surface area (Å²) in [5.74, 6) is -1.89. The number of hydrogen-bond acceptors (Lipinski definition) is 4. The van der Waals surface area contributed by atoms with Crippen LogP contribution in [-0.2, 0) is 14.8 Å². The van der Waals surface area contributed by atoms with Gasteiger partial charge in [-0.1, -0.05) is 24.6 Å². The zero-order chi connectivity index (χ0) is 17.2. The maximum atomic E-state index is 13.8. The smallest absolute Gasteiger partial charge is 0.317 e. The molecular weight excluding hydrogens is 347 g/mol. The van der Waals surface area contributed by atoms with Gasteiger partial charge in [-0.25, -0.2) is 17.5 Å². The number of sulfonamides is 1. The monoisotopic (exact) mass is 364 g/mol. The molecule has 1 aliphatic carbocycles. The van der Waals surface area contributed by atoms with Gasteiger partial charge in [0.25, 0.3) is 0 Å². The Kier molecular flexibility index (Phi) is 5.61. The molecule has 1 aromatic carbocycles. The fourth-order valence-electron chi connectivity index (χ4n) is 2.63. The minimum Gasteiger partial charge on any atom is -0.480 e. The third-order valence-corrected chi connectivity index (χ3v) is 5.73. The number of nitrogens with zero attached hydrogens (tertiary/aromatic N) is 1. The first kappa shape index (κ1) is 18.1. The lowest BCUT2D eigenvalue weighted by molar-refractivity contribution is -0.139. The summed E-state index contributed by atoms with van der Waals surface area (Å²) in [6.07, 6.45) is 0.977. The van der Waals surface area contributed by atoms with Crippen molar-refractivity contribution in [1.82, 2.24) is 9.62 Å². The molecule has 0 atom stereocenters. The molecule has 23 heavy (non-hydrogen) atoms. The number of likely N-dealkylation sites (N-methyl/N-ethyl adjacent to an activating group) is 1. The minimum atomic E-state index is -4.00. The fourth-order valence-corrected chi connectivity index (χ4v) is 4.22. The quantitative estimate of drug-likeness (QED) is 0.769. The normalized spacial score (nSPS) is 21.2. The van der Waals surface area contributed by atoms with E-state index in [1.165, 1.54) is 12.1 Å². The molecule has 0 heterocycles. The molecule has 0 spiro atoms. The number of carbonyl (C=O) groups is 1. The predicted octanol–water partition coefficient (Wildman–Crippen LogP) is 1.69. The van der Waals surface area contributed by atoms with Crippen molar-refractivity contribution < 1.29 is 22.7 Å². The lowest BCUT2D eigenvalue weighted by Gasteiger charge is -2.42. The van der Waals surface area contributed by atoms with Crippen molar-refractivity contribution >= 4 is 27.6 Å². The Bertz CT molecular complexity index is 692. The number of carboxylic acids is 1. The number of nitrogens with one attached hydrogen (secondary N) is 1. The Balaban J connectivity index is 1.99. The van der Waals surface area contributed by atoms with E-state index in [2.05, 4.69) is 4.72 Å². The van der Waals surface area contributed by atoms with Crippen LogP contribution in [0.15, 0.2) is 23.1 Å². The second-order valence-corrected chi connectivity index (χ2v) is 7.54. The van der Waals surface area contributed by atoms with Crippen LogP contribution in [0.3, 0.4) is 0 Å². The Labute approximate surface area is 139 Å². The summed E-state index contributed by atoms with van der Waals surface area (Å²) >= 11 is 5.61. The number of rotatable bonds is 7. The fraction of sp³-hybridized carbons (Fsp3) is 0.500. The summed E-state index contributed by atoms with van der Waals surface area (Å²) in [5, 5.41) is 8.58. The summed E-state index contributed by atoms with van der Waals surface area (Å²) in [6.45, 7) is 2.34. The topological polar surface area (TPSA) is 86.7 Å². The zero-order valence-corrected chi connectivity index (χ0v) is 14.1. The summed E-state index contributed by atoms with van der Waals surface area (Å²) in [6, 6.07) is 3.47. The van der Waals surface area contributed by atoms with Crippen molar-refractivity contribution in [3.05, 3.63) is 29.0 Å². The maximum absolute atomic E-state index is 13.8. The van der Waals surface area contributed by atoms with Crippen molar-refractivity contribution in [3.63, 3.8) is 0 Å². The maximum Gasteiger partial charge on any atom is 0.317 e. The van der Waals surface area contributed by atoms with Crippen molar-refractivity contribution in [1.29, 1.82) is 0 Å². The van der Waals surface area contributed by atoms with Crippen molar-refractivity contribution in [2.45, 2.75) is 36.7 Å². The number of halogens is 2. The van der Waals surface area contributed by atoms with Crippen molar-refractivity contribution in [3.8, 4) is 0 Å². The molecule has 2 rings (SSSR count). The highest BCUT2D eigenvalue weighted by molar-refractivity contribution is 7.89. The zero-order valence-electron chi connectivity index (χ0n) is 12.5. The van der Waals surface area contributed by atoms with Gasteiger partial charge in [0, 0.05) is 12.1 Å². The van der Waals surface area contributed by atoms with E-state index in [4.69, 9.17) is 16.7 Å². The van der Waals surface area contributed by atoms with E-state index in [1.807, 2.05) is 6.92 Å². The first-order valence-electron chi connectivity index (χ1n) is 7.16. The summed E-state index contributed by atoms with van der Waals surface area (Å²) in [4.78, 5) is 12.1. The van der Waals surface area contributed by atoms with Crippen LogP contribution in [0.1, 0.15) is 19.8 Å². The largest absolute Gasteiger partial charge is 0.480 e. The molecule has 9 heteroatoms. The molecule has 0 amide bonds. The lowest BCUT2D eigenvalue weighted by Crippen LogP contribution is -2.54. The van der Waals surface area contributed by atoms with E-state index in [0.29, 0.717) is 19.4 Å². The molecular formula is C14H18ClFN2O4S. The van der Waals surface area contributed by atoms with Gasteiger partial charge in [-0.3, -0.25) is 9.69 Å². The van der Waals surface area contributed by atoms with Crippen LogP contribution in [0, 0.1) is 5.82 Å². The standard InChI is InChI=1S/C14H18ClFN2O4S/c1-2-18(8-13(19)20)10-6-9(7-10)17-23(21,22)12-5-3-4-11(15)14(12)16/h3-5,9-10,17H,2,6-8H2,1H3,(H,19,20). The SMILES string of the molecule is CCN(CC(=O)O)C1CC(NS(=O)(=O)c2cccc(Cl)c2F)C1. The summed E-state index contributed by atoms with van der Waals surface area (Å²) < 4.78 is 40.7. The van der Waals surface area contributed by atoms with E-state index in [0.717, 1.165) is 6.07 Å². The molecule has 128 valence electrons. The molecule has 6 nitrogen and oxygen atoms in total. The number of carboxylic acid groups (broad SMARTS) is 1. The Morgan fingerprint density at radius 1 is 1.48 bits per heavy atom. The molecule has 0 radical (unpaired) electrons. The second-order valence-electron chi connectivity index (χ2n) is 5.45. The van der Waals surface area contributed by atoms with Crippen LogP contribution < -0.4 is 4.72 Å². The van der Waals surface area contributed by atoms with Gasteiger partial charge < -0.3 is 5.11 Å². The highest BCUT2D eigenvalue weighted by Gasteiger charge is 2.37. The average molecular weight is 365 g/mol. The van der Waals surface area contributed by atoms with E-state index < -0.39 is 26.7 Å². The first-order chi connectivity index (χ1) is 10.7. The molecule has 0 bridgehead atoms. The second kappa shape index (κ2) is 7.12. The third-order valence-electron chi connectivity index (χ3n) is 3.90. The van der Waals surface area contributed by atoms with Gasteiger partial charge in [0.05, 0.1) is 11.6 Å². The van der Waals surface area contributed by atoms with Crippen molar-refractivity contribution in [2.75, 3.05) is 13.1 Å². The third kappa shape index (κ3) is 4.20. The van der Waals surface area contributed by atoms with Crippen molar-refractivity contribution in [2.24, 2.45) is 0 Å². The molecule has 1 saturated carbocycles. The Hall–Kier alpha value is -1.22. The molecule has 0 unspecified atom stereocenters. The molecule has 2 N–H and O–H groups in total. The van der Waals surface area contributed by atoms with Gasteiger partial charge in [-0.05, 0) is 31.5 Å². The van der Waals surface area contributed by atoms with E-state index in [9.17, 15) is 17.6 Å². The van der Waals surface area contributed by atoms with Gasteiger partial charge in [0.15, 0.2) is 5.82 Å². The number of aliphatic carboxylic acids is 1. The van der Waals surface area contributed by atoms with Crippen LogP contribution >= 0.6 is 11.6 Å². The van der Waals surface area contributed by atoms with E-state index >= 15 is 0 Å². The van der Waals surface area contributed by atoms with Crippen LogP contribution in [0.2, 0.25) is 5.02 Å². The first-order valence-corrected chi connectivity index (χ1v) is 9.03. The Morgan fingerprint density at radius 2 is 2.13 bits per heavy atom. The van der Waals surface area contributed by atoms with Gasteiger partial charge >= 0.3 is 5.97 Å². The average Bonchev–Trinajstić information content (AvgIpc) is 2.42. The Morgan fingerprint density at radius 3 is 2.70 bits per heavy atom. The highest BCUT2D eigenvalue weighted by Crippen LogP contribution is 2.28. The van der Waals surface area contributed by atoms with Crippen LogP contribution in [0.4, 0.5) is 4.39 Å².